The van der Waals surface area contributed by atoms with Crippen molar-refractivity contribution in [2.45, 2.75) is 6.61 Å². The van der Waals surface area contributed by atoms with Crippen molar-refractivity contribution in [2.75, 3.05) is 12.5 Å². The van der Waals surface area contributed by atoms with E-state index in [4.69, 9.17) is 9.26 Å². The zero-order chi connectivity index (χ0) is 18.3. The molecule has 3 aromatic carbocycles. The Morgan fingerprint density at radius 3 is 2.50 bits per heavy atom. The number of nitrogens with zero attached hydrogens (tertiary/aromatic N) is 2. The Hall–Kier alpha value is -3.52. The van der Waals surface area contributed by atoms with Crippen LogP contribution in [0.25, 0.3) is 21.7 Å². The SMILES string of the molecule is COc1cc(CO)cc2onc(NN=c3c(=O)c4ccccc4c3=O)c12. The van der Waals surface area contributed by atoms with Crippen molar-refractivity contribution in [3.8, 4) is 5.75 Å². The third kappa shape index (κ3) is 2.35. The van der Waals surface area contributed by atoms with Crippen molar-refractivity contribution < 1.29 is 14.4 Å². The molecule has 0 amide bonds. The molecule has 4 rings (SSSR count). The molecule has 0 saturated heterocycles. The molecular formula is C18H13N3O5. The van der Waals surface area contributed by atoms with E-state index >= 15 is 0 Å². The van der Waals surface area contributed by atoms with E-state index in [1.807, 2.05) is 0 Å². The van der Waals surface area contributed by atoms with Gasteiger partial charge in [0, 0.05) is 10.8 Å². The van der Waals surface area contributed by atoms with Gasteiger partial charge in [-0.1, -0.05) is 29.4 Å². The summed E-state index contributed by atoms with van der Waals surface area (Å²) in [4.78, 5) is 24.7. The van der Waals surface area contributed by atoms with E-state index in [9.17, 15) is 14.7 Å². The van der Waals surface area contributed by atoms with Crippen molar-refractivity contribution in [3.05, 3.63) is 67.8 Å². The average molecular weight is 351 g/mol. The van der Waals surface area contributed by atoms with E-state index in [2.05, 4.69) is 15.7 Å². The van der Waals surface area contributed by atoms with Gasteiger partial charge < -0.3 is 14.4 Å². The number of rotatable bonds is 4. The molecule has 1 heterocycles. The maximum Gasteiger partial charge on any atom is 0.217 e. The Morgan fingerprint density at radius 1 is 1.19 bits per heavy atom. The molecule has 2 N–H and O–H groups in total. The largest absolute Gasteiger partial charge is 0.496 e. The zero-order valence-corrected chi connectivity index (χ0v) is 13.6. The van der Waals surface area contributed by atoms with Crippen LogP contribution in [0.1, 0.15) is 5.56 Å². The van der Waals surface area contributed by atoms with Crippen molar-refractivity contribution >= 4 is 27.6 Å². The molecule has 0 radical (unpaired) electrons. The predicted molar refractivity (Wildman–Crippen MR) is 94.5 cm³/mol. The summed E-state index contributed by atoms with van der Waals surface area (Å²) in [6.07, 6.45) is 0. The number of benzene rings is 2. The van der Waals surface area contributed by atoms with Gasteiger partial charge in [-0.2, -0.15) is 5.10 Å². The summed E-state index contributed by atoms with van der Waals surface area (Å²) in [6.45, 7) is -0.181. The van der Waals surface area contributed by atoms with E-state index < -0.39 is 10.9 Å². The van der Waals surface area contributed by atoms with E-state index in [0.29, 0.717) is 33.1 Å². The van der Waals surface area contributed by atoms with Gasteiger partial charge in [-0.25, -0.2) is 0 Å². The summed E-state index contributed by atoms with van der Waals surface area (Å²) >= 11 is 0. The zero-order valence-electron chi connectivity index (χ0n) is 13.6. The second-order valence-electron chi connectivity index (χ2n) is 5.64. The van der Waals surface area contributed by atoms with E-state index in [1.54, 1.807) is 36.4 Å². The molecule has 4 aromatic rings. The van der Waals surface area contributed by atoms with Gasteiger partial charge >= 0.3 is 0 Å². The molecule has 0 atom stereocenters. The number of hydrogen-bond donors (Lipinski definition) is 2. The van der Waals surface area contributed by atoms with E-state index in [1.165, 1.54) is 7.11 Å². The number of ether oxygens (including phenoxy) is 1. The Bertz CT molecular complexity index is 1230. The van der Waals surface area contributed by atoms with Gasteiger partial charge in [0.15, 0.2) is 10.9 Å². The van der Waals surface area contributed by atoms with Crippen molar-refractivity contribution in [3.63, 3.8) is 0 Å². The summed E-state index contributed by atoms with van der Waals surface area (Å²) in [5.41, 5.74) is 2.70. The summed E-state index contributed by atoms with van der Waals surface area (Å²) < 4.78 is 10.5. The molecule has 26 heavy (non-hydrogen) atoms. The first kappa shape index (κ1) is 16.0. The lowest BCUT2D eigenvalue weighted by Gasteiger charge is -2.04. The Balaban J connectivity index is 1.86. The molecule has 0 fully saturated rings. The fourth-order valence-electron chi connectivity index (χ4n) is 2.87. The molecule has 0 unspecified atom stereocenters. The van der Waals surface area contributed by atoms with E-state index in [0.717, 1.165) is 0 Å². The Kier molecular flexibility index (Phi) is 3.74. The molecule has 0 bridgehead atoms. The van der Waals surface area contributed by atoms with Crippen LogP contribution in [0.3, 0.4) is 0 Å². The van der Waals surface area contributed by atoms with Crippen LogP contribution in [-0.2, 0) is 6.61 Å². The summed E-state index contributed by atoms with van der Waals surface area (Å²) in [7, 11) is 1.47. The molecule has 8 heteroatoms. The first-order valence-corrected chi connectivity index (χ1v) is 7.73. The third-order valence-electron chi connectivity index (χ3n) is 4.12. The number of aromatic nitrogens is 1. The van der Waals surface area contributed by atoms with Crippen LogP contribution < -0.4 is 26.4 Å². The number of aliphatic hydroxyl groups is 1. The Morgan fingerprint density at radius 2 is 1.88 bits per heavy atom. The second kappa shape index (κ2) is 6.08. The maximum atomic E-state index is 12.3. The number of fused-ring (bicyclic) bond motifs is 2. The van der Waals surface area contributed by atoms with Crippen LogP contribution in [0.15, 0.2) is 55.6 Å². The average Bonchev–Trinajstić information content (AvgIpc) is 3.19. The van der Waals surface area contributed by atoms with Gasteiger partial charge in [0.2, 0.25) is 16.7 Å². The van der Waals surface area contributed by atoms with Crippen molar-refractivity contribution in [1.82, 2.24) is 5.16 Å². The second-order valence-corrected chi connectivity index (χ2v) is 5.64. The summed E-state index contributed by atoms with van der Waals surface area (Å²) in [5.74, 6) is 0.619. The summed E-state index contributed by atoms with van der Waals surface area (Å²) in [6, 6.07) is 9.81. The first-order valence-electron chi connectivity index (χ1n) is 7.73. The minimum absolute atomic E-state index is 0.181. The van der Waals surface area contributed by atoms with Gasteiger partial charge in [-0.05, 0) is 17.7 Å². The molecule has 8 nitrogen and oxygen atoms in total. The van der Waals surface area contributed by atoms with Crippen molar-refractivity contribution in [1.29, 1.82) is 0 Å². The normalized spacial score (nSPS) is 11.2. The molecule has 0 spiro atoms. The predicted octanol–water partition coefficient (Wildman–Crippen LogP) is 1.01. The smallest absolute Gasteiger partial charge is 0.217 e. The lowest BCUT2D eigenvalue weighted by atomic mass is 10.1. The Labute approximate surface area is 145 Å². The summed E-state index contributed by atoms with van der Waals surface area (Å²) in [5, 5.41) is 18.0. The first-order chi connectivity index (χ1) is 12.6. The lowest BCUT2D eigenvalue weighted by molar-refractivity contribution is 0.281. The fraction of sp³-hybridized carbons (Fsp3) is 0.111. The highest BCUT2D eigenvalue weighted by molar-refractivity contribution is 5.94. The monoisotopic (exact) mass is 351 g/mol. The topological polar surface area (TPSA) is 114 Å². The number of nitrogens with one attached hydrogen (secondary N) is 1. The van der Waals surface area contributed by atoms with Crippen LogP contribution in [0.2, 0.25) is 0 Å². The molecule has 0 aliphatic rings. The van der Waals surface area contributed by atoms with Crippen molar-refractivity contribution in [2.24, 2.45) is 5.10 Å². The highest BCUT2D eigenvalue weighted by Crippen LogP contribution is 2.33. The van der Waals surface area contributed by atoms with Crippen LogP contribution >= 0.6 is 0 Å². The molecular weight excluding hydrogens is 338 g/mol. The highest BCUT2D eigenvalue weighted by Gasteiger charge is 2.16. The number of anilines is 1. The standard InChI is InChI=1S/C18H13N3O5/c1-25-12-6-9(8-22)7-13-14(12)18(21-26-13)20-19-15-16(23)10-4-2-3-5-11(10)17(15)24/h2-7,22H,8H2,1H3,(H,20,21). The van der Waals surface area contributed by atoms with Gasteiger partial charge in [-0.3, -0.25) is 15.0 Å². The molecule has 1 aromatic heterocycles. The fourth-order valence-corrected chi connectivity index (χ4v) is 2.87. The lowest BCUT2D eigenvalue weighted by Crippen LogP contribution is -2.32. The van der Waals surface area contributed by atoms with Gasteiger partial charge in [-0.15, -0.1) is 0 Å². The van der Waals surface area contributed by atoms with Gasteiger partial charge in [0.05, 0.1) is 13.7 Å². The maximum absolute atomic E-state index is 12.3. The van der Waals surface area contributed by atoms with Crippen LogP contribution in [-0.4, -0.2) is 17.4 Å². The van der Waals surface area contributed by atoms with Crippen LogP contribution in [0, 0.1) is 0 Å². The van der Waals surface area contributed by atoms with E-state index in [-0.39, 0.29) is 17.8 Å². The number of hydrogen-bond acceptors (Lipinski definition) is 8. The molecule has 0 aliphatic carbocycles. The number of aliphatic hydroxyl groups excluding tert-OH is 1. The van der Waals surface area contributed by atoms with Gasteiger partial charge in [0.1, 0.15) is 11.1 Å². The minimum Gasteiger partial charge on any atom is -0.496 e. The van der Waals surface area contributed by atoms with Crippen LogP contribution in [0.5, 0.6) is 5.75 Å². The molecule has 0 saturated carbocycles. The highest BCUT2D eigenvalue weighted by atomic mass is 16.5. The quantitative estimate of drug-likeness (QED) is 0.527. The van der Waals surface area contributed by atoms with Gasteiger partial charge in [0.25, 0.3) is 0 Å². The minimum atomic E-state index is -0.444. The molecule has 0 aliphatic heterocycles. The molecule has 130 valence electrons. The third-order valence-corrected chi connectivity index (χ3v) is 4.12. The number of methoxy groups -OCH3 is 1. The van der Waals surface area contributed by atoms with Crippen LogP contribution in [0.4, 0.5) is 5.82 Å².